The molecule has 0 unspecified atom stereocenters. The number of amides is 2. The van der Waals surface area contributed by atoms with Gasteiger partial charge in [0.25, 0.3) is 17.5 Å². The number of carbonyl (C=O) groups excluding carboxylic acids is 2. The van der Waals surface area contributed by atoms with Crippen molar-refractivity contribution < 1.29 is 14.5 Å². The van der Waals surface area contributed by atoms with Crippen molar-refractivity contribution in [1.29, 1.82) is 0 Å². The van der Waals surface area contributed by atoms with Crippen LogP contribution in [-0.4, -0.2) is 16.7 Å². The zero-order chi connectivity index (χ0) is 18.4. The molecule has 0 aliphatic rings. The Morgan fingerprint density at radius 1 is 1.04 bits per heavy atom. The molecule has 9 heteroatoms. The first-order valence-electron chi connectivity index (χ1n) is 6.85. The van der Waals surface area contributed by atoms with Gasteiger partial charge >= 0.3 is 0 Å². The zero-order valence-electron chi connectivity index (χ0n) is 12.5. The van der Waals surface area contributed by atoms with Gasteiger partial charge in [-0.3, -0.25) is 30.6 Å². The summed E-state index contributed by atoms with van der Waals surface area (Å²) in [6.07, 6.45) is 2.67. The third kappa shape index (κ3) is 5.03. The van der Waals surface area contributed by atoms with E-state index in [0.717, 1.165) is 6.07 Å². The maximum atomic E-state index is 11.9. The molecule has 0 fully saturated rings. The van der Waals surface area contributed by atoms with Crippen molar-refractivity contribution in [3.05, 3.63) is 79.8 Å². The summed E-state index contributed by atoms with van der Waals surface area (Å²) in [6, 6.07) is 10.5. The molecule has 2 aromatic rings. The average molecular weight is 380 g/mol. The number of rotatable bonds is 4. The van der Waals surface area contributed by atoms with E-state index in [0.29, 0.717) is 10.6 Å². The van der Waals surface area contributed by atoms with E-state index in [1.165, 1.54) is 24.3 Å². The van der Waals surface area contributed by atoms with Crippen LogP contribution in [0.15, 0.2) is 48.5 Å². The van der Waals surface area contributed by atoms with Crippen molar-refractivity contribution in [3.63, 3.8) is 0 Å². The summed E-state index contributed by atoms with van der Waals surface area (Å²) >= 11 is 11.6. The third-order valence-corrected chi connectivity index (χ3v) is 3.69. The summed E-state index contributed by atoms with van der Waals surface area (Å²) < 4.78 is 0. The van der Waals surface area contributed by atoms with Crippen LogP contribution in [0.2, 0.25) is 10.0 Å². The maximum Gasteiger partial charge on any atom is 0.288 e. The maximum absolute atomic E-state index is 11.9. The SMILES string of the molecule is O=C(/C=C/c1ccccc1Cl)NNC(=O)c1ccc(Cl)c([N+](=O)[O-])c1. The van der Waals surface area contributed by atoms with E-state index in [-0.39, 0.29) is 10.6 Å². The smallest absolute Gasteiger partial charge is 0.268 e. The second-order valence-electron chi connectivity index (χ2n) is 4.72. The highest BCUT2D eigenvalue weighted by Gasteiger charge is 2.16. The molecule has 0 bridgehead atoms. The Balaban J connectivity index is 1.98. The van der Waals surface area contributed by atoms with Crippen LogP contribution in [0.25, 0.3) is 6.08 Å². The monoisotopic (exact) mass is 379 g/mol. The average Bonchev–Trinajstić information content (AvgIpc) is 2.59. The fourth-order valence-corrected chi connectivity index (χ4v) is 2.19. The molecule has 0 atom stereocenters. The molecule has 25 heavy (non-hydrogen) atoms. The number of nitrogens with zero attached hydrogens (tertiary/aromatic N) is 1. The summed E-state index contributed by atoms with van der Waals surface area (Å²) in [5, 5.41) is 11.2. The van der Waals surface area contributed by atoms with Gasteiger partial charge in [-0.15, -0.1) is 0 Å². The first kappa shape index (κ1) is 18.4. The molecule has 128 valence electrons. The van der Waals surface area contributed by atoms with Crippen molar-refractivity contribution in [2.75, 3.05) is 0 Å². The molecule has 0 spiro atoms. The Morgan fingerprint density at radius 2 is 1.76 bits per heavy atom. The second-order valence-corrected chi connectivity index (χ2v) is 5.54. The van der Waals surface area contributed by atoms with Gasteiger partial charge < -0.3 is 0 Å². The molecule has 0 saturated heterocycles. The number of benzene rings is 2. The van der Waals surface area contributed by atoms with Crippen LogP contribution in [0.5, 0.6) is 0 Å². The lowest BCUT2D eigenvalue weighted by Gasteiger charge is -2.06. The molecular weight excluding hydrogens is 369 g/mol. The molecule has 2 amide bonds. The minimum absolute atomic E-state index is 0.0218. The Bertz CT molecular complexity index is 868. The lowest BCUT2D eigenvalue weighted by atomic mass is 10.2. The molecule has 0 aliphatic carbocycles. The van der Waals surface area contributed by atoms with Gasteiger partial charge in [0.2, 0.25) is 0 Å². The van der Waals surface area contributed by atoms with E-state index in [1.54, 1.807) is 24.3 Å². The van der Waals surface area contributed by atoms with Crippen molar-refractivity contribution >= 4 is 46.8 Å². The number of hydrazine groups is 1. The van der Waals surface area contributed by atoms with Gasteiger partial charge in [0.1, 0.15) is 5.02 Å². The minimum Gasteiger partial charge on any atom is -0.268 e. The summed E-state index contributed by atoms with van der Waals surface area (Å²) in [4.78, 5) is 33.7. The van der Waals surface area contributed by atoms with Crippen LogP contribution in [-0.2, 0) is 4.79 Å². The normalized spacial score (nSPS) is 10.5. The number of hydrogen-bond acceptors (Lipinski definition) is 4. The van der Waals surface area contributed by atoms with E-state index in [1.807, 2.05) is 0 Å². The number of hydrogen-bond donors (Lipinski definition) is 2. The number of nitro benzene ring substituents is 1. The van der Waals surface area contributed by atoms with Crippen LogP contribution < -0.4 is 10.9 Å². The van der Waals surface area contributed by atoms with Gasteiger partial charge in [-0.25, -0.2) is 0 Å². The Hall–Kier alpha value is -2.90. The standard InChI is InChI=1S/C16H11Cl2N3O4/c17-12-4-2-1-3-10(12)6-8-15(22)19-20-16(23)11-5-7-13(18)14(9-11)21(24)25/h1-9H,(H,19,22)(H,20,23)/b8-6+. The molecular formula is C16H11Cl2N3O4. The van der Waals surface area contributed by atoms with Crippen LogP contribution in [0.3, 0.4) is 0 Å². The van der Waals surface area contributed by atoms with E-state index in [4.69, 9.17) is 23.2 Å². The fourth-order valence-electron chi connectivity index (χ4n) is 1.80. The predicted octanol–water partition coefficient (Wildman–Crippen LogP) is 3.38. The van der Waals surface area contributed by atoms with Crippen molar-refractivity contribution in [1.82, 2.24) is 10.9 Å². The summed E-state index contributed by atoms with van der Waals surface area (Å²) in [5.74, 6) is -1.32. The topological polar surface area (TPSA) is 101 Å². The lowest BCUT2D eigenvalue weighted by molar-refractivity contribution is -0.384. The van der Waals surface area contributed by atoms with Gasteiger partial charge in [-0.05, 0) is 29.8 Å². The third-order valence-electron chi connectivity index (χ3n) is 3.02. The second kappa shape index (κ2) is 8.27. The Morgan fingerprint density at radius 3 is 2.44 bits per heavy atom. The molecule has 2 rings (SSSR count). The minimum atomic E-state index is -0.723. The zero-order valence-corrected chi connectivity index (χ0v) is 14.0. The van der Waals surface area contributed by atoms with Crippen LogP contribution >= 0.6 is 23.2 Å². The van der Waals surface area contributed by atoms with Crippen LogP contribution in [0.1, 0.15) is 15.9 Å². The van der Waals surface area contributed by atoms with Crippen LogP contribution in [0.4, 0.5) is 5.69 Å². The number of halogens is 2. The van der Waals surface area contributed by atoms with E-state index >= 15 is 0 Å². The number of nitrogens with one attached hydrogen (secondary N) is 2. The van der Waals surface area contributed by atoms with Gasteiger partial charge in [-0.1, -0.05) is 41.4 Å². The van der Waals surface area contributed by atoms with Crippen molar-refractivity contribution in [2.45, 2.75) is 0 Å². The molecule has 0 saturated carbocycles. The molecule has 0 aliphatic heterocycles. The highest BCUT2D eigenvalue weighted by atomic mass is 35.5. The summed E-state index contributed by atoms with van der Waals surface area (Å²) in [7, 11) is 0. The molecule has 0 radical (unpaired) electrons. The number of carbonyl (C=O) groups is 2. The van der Waals surface area contributed by atoms with Crippen LogP contribution in [0, 0.1) is 10.1 Å². The van der Waals surface area contributed by atoms with Gasteiger partial charge in [-0.2, -0.15) is 0 Å². The fraction of sp³-hybridized carbons (Fsp3) is 0. The van der Waals surface area contributed by atoms with Gasteiger partial charge in [0, 0.05) is 22.7 Å². The predicted molar refractivity (Wildman–Crippen MR) is 94.2 cm³/mol. The van der Waals surface area contributed by atoms with Gasteiger partial charge in [0.05, 0.1) is 4.92 Å². The molecule has 7 nitrogen and oxygen atoms in total. The first-order valence-corrected chi connectivity index (χ1v) is 7.61. The van der Waals surface area contributed by atoms with Crippen molar-refractivity contribution in [2.24, 2.45) is 0 Å². The summed E-state index contributed by atoms with van der Waals surface area (Å²) in [6.45, 7) is 0. The molecule has 2 N–H and O–H groups in total. The largest absolute Gasteiger partial charge is 0.288 e. The lowest BCUT2D eigenvalue weighted by Crippen LogP contribution is -2.40. The van der Waals surface area contributed by atoms with Crippen molar-refractivity contribution in [3.8, 4) is 0 Å². The van der Waals surface area contributed by atoms with E-state index in [2.05, 4.69) is 10.9 Å². The van der Waals surface area contributed by atoms with Gasteiger partial charge in [0.15, 0.2) is 0 Å². The molecule has 0 aromatic heterocycles. The Labute approximate surface area is 152 Å². The number of nitro groups is 1. The Kier molecular flexibility index (Phi) is 6.10. The van der Waals surface area contributed by atoms with E-state index < -0.39 is 22.4 Å². The highest BCUT2D eigenvalue weighted by Crippen LogP contribution is 2.24. The molecule has 2 aromatic carbocycles. The quantitative estimate of drug-likeness (QED) is 0.482. The molecule has 0 heterocycles. The highest BCUT2D eigenvalue weighted by molar-refractivity contribution is 6.33. The summed E-state index contributed by atoms with van der Waals surface area (Å²) in [5.41, 5.74) is 4.52. The first-order chi connectivity index (χ1) is 11.9. The van der Waals surface area contributed by atoms with E-state index in [9.17, 15) is 19.7 Å².